The number of unbranched alkanes of at least 4 members (excludes halogenated alkanes) is 2. The molecule has 18 heavy (non-hydrogen) atoms. The Morgan fingerprint density at radius 1 is 1.50 bits per heavy atom. The molecule has 1 aromatic rings. The summed E-state index contributed by atoms with van der Waals surface area (Å²) in [5, 5.41) is 10.4. The number of ether oxygens (including phenoxy) is 1. The number of hydrogen-bond donors (Lipinski definition) is 1. The molecule has 0 saturated carbocycles. The van der Waals surface area contributed by atoms with Gasteiger partial charge in [0.1, 0.15) is 11.3 Å². The maximum absolute atomic E-state index is 11.5. The summed E-state index contributed by atoms with van der Waals surface area (Å²) in [4.78, 5) is 11.5. The van der Waals surface area contributed by atoms with E-state index in [4.69, 9.17) is 11.6 Å². The molecule has 0 amide bonds. The lowest BCUT2D eigenvalue weighted by Gasteiger charge is -2.06. The van der Waals surface area contributed by atoms with E-state index < -0.39 is 5.97 Å². The first-order valence-corrected chi connectivity index (χ1v) is 6.25. The van der Waals surface area contributed by atoms with E-state index in [2.05, 4.69) is 11.7 Å². The van der Waals surface area contributed by atoms with Crippen molar-refractivity contribution in [1.82, 2.24) is 0 Å². The summed E-state index contributed by atoms with van der Waals surface area (Å²) < 4.78 is 4.59. The van der Waals surface area contributed by atoms with Crippen LogP contribution in [0.25, 0.3) is 6.08 Å². The zero-order valence-electron chi connectivity index (χ0n) is 10.6. The average Bonchev–Trinajstić information content (AvgIpc) is 2.37. The van der Waals surface area contributed by atoms with Crippen molar-refractivity contribution in [2.75, 3.05) is 7.11 Å². The summed E-state index contributed by atoms with van der Waals surface area (Å²) in [6.07, 6.45) is 6.84. The average molecular weight is 269 g/mol. The molecule has 98 valence electrons. The number of methoxy groups -OCH3 is 1. The molecule has 1 aromatic carbocycles. The van der Waals surface area contributed by atoms with Gasteiger partial charge in [-0.15, -0.1) is 0 Å². The van der Waals surface area contributed by atoms with E-state index in [0.717, 1.165) is 19.3 Å². The van der Waals surface area contributed by atoms with Crippen LogP contribution in [0.3, 0.4) is 0 Å². The molecule has 0 aliphatic rings. The minimum absolute atomic E-state index is 0.0835. The normalized spacial score (nSPS) is 10.8. The van der Waals surface area contributed by atoms with Crippen LogP contribution >= 0.6 is 11.6 Å². The summed E-state index contributed by atoms with van der Waals surface area (Å²) >= 11 is 5.91. The smallest absolute Gasteiger partial charge is 0.341 e. The third-order valence-electron chi connectivity index (χ3n) is 2.53. The number of rotatable bonds is 5. The molecule has 3 nitrogen and oxygen atoms in total. The van der Waals surface area contributed by atoms with Gasteiger partial charge < -0.3 is 9.84 Å². The van der Waals surface area contributed by atoms with Crippen LogP contribution in [0.4, 0.5) is 0 Å². The molecular weight excluding hydrogens is 252 g/mol. The molecule has 4 heteroatoms. The highest BCUT2D eigenvalue weighted by molar-refractivity contribution is 6.31. The number of carbonyl (C=O) groups is 1. The maximum atomic E-state index is 11.5. The van der Waals surface area contributed by atoms with E-state index in [-0.39, 0.29) is 11.3 Å². The fraction of sp³-hybridized carbons (Fsp3) is 0.357. The molecule has 0 bridgehead atoms. The molecule has 0 saturated heterocycles. The van der Waals surface area contributed by atoms with Crippen molar-refractivity contribution in [2.45, 2.75) is 26.2 Å². The van der Waals surface area contributed by atoms with Gasteiger partial charge in [0.2, 0.25) is 0 Å². The number of phenolic OH excluding ortho intramolecular Hbond substituents is 1. The first kappa shape index (κ1) is 14.6. The predicted octanol–water partition coefficient (Wildman–Crippen LogP) is 4.04. The molecule has 0 spiro atoms. The van der Waals surface area contributed by atoms with Crippen LogP contribution in [-0.4, -0.2) is 18.2 Å². The Labute approximate surface area is 112 Å². The van der Waals surface area contributed by atoms with Gasteiger partial charge >= 0.3 is 5.97 Å². The Balaban J connectivity index is 3.01. The number of esters is 1. The summed E-state index contributed by atoms with van der Waals surface area (Å²) in [6, 6.07) is 3.01. The Hall–Kier alpha value is -1.48. The van der Waals surface area contributed by atoms with E-state index >= 15 is 0 Å². The Bertz CT molecular complexity index is 453. The summed E-state index contributed by atoms with van der Waals surface area (Å²) in [7, 11) is 1.26. The van der Waals surface area contributed by atoms with Gasteiger partial charge in [-0.05, 0) is 18.6 Å². The number of hydrogen-bond acceptors (Lipinski definition) is 3. The second-order valence-electron chi connectivity index (χ2n) is 3.93. The van der Waals surface area contributed by atoms with Crippen LogP contribution in [0, 0.1) is 0 Å². The van der Waals surface area contributed by atoms with E-state index in [1.807, 2.05) is 6.08 Å². The van der Waals surface area contributed by atoms with Crippen molar-refractivity contribution in [3.63, 3.8) is 0 Å². The van der Waals surface area contributed by atoms with Gasteiger partial charge in [-0.3, -0.25) is 0 Å². The molecule has 0 heterocycles. The van der Waals surface area contributed by atoms with Crippen molar-refractivity contribution in [2.24, 2.45) is 0 Å². The lowest BCUT2D eigenvalue weighted by atomic mass is 10.1. The fourth-order valence-electron chi connectivity index (χ4n) is 1.55. The van der Waals surface area contributed by atoms with Gasteiger partial charge in [-0.1, -0.05) is 43.5 Å². The molecule has 0 unspecified atom stereocenters. The topological polar surface area (TPSA) is 46.5 Å². The predicted molar refractivity (Wildman–Crippen MR) is 73.0 cm³/mol. The molecule has 0 aromatic heterocycles. The molecule has 1 rings (SSSR count). The first-order valence-electron chi connectivity index (χ1n) is 5.87. The number of aromatic hydroxyl groups is 1. The second-order valence-corrected chi connectivity index (χ2v) is 4.36. The van der Waals surface area contributed by atoms with Crippen molar-refractivity contribution in [3.05, 3.63) is 34.4 Å². The number of halogens is 1. The summed E-state index contributed by atoms with van der Waals surface area (Å²) in [5.41, 5.74) is 0.610. The minimum Gasteiger partial charge on any atom is -0.506 e. The van der Waals surface area contributed by atoms with Crippen LogP contribution in [0.2, 0.25) is 5.02 Å². The highest BCUT2D eigenvalue weighted by atomic mass is 35.5. The first-order chi connectivity index (χ1) is 8.60. The fourth-order valence-corrected chi connectivity index (χ4v) is 1.77. The van der Waals surface area contributed by atoms with E-state index in [9.17, 15) is 9.90 Å². The lowest BCUT2D eigenvalue weighted by Crippen LogP contribution is -2.02. The Morgan fingerprint density at radius 2 is 2.22 bits per heavy atom. The summed E-state index contributed by atoms with van der Waals surface area (Å²) in [6.45, 7) is 2.11. The largest absolute Gasteiger partial charge is 0.506 e. The van der Waals surface area contributed by atoms with Gasteiger partial charge in [-0.25, -0.2) is 4.79 Å². The highest BCUT2D eigenvalue weighted by Crippen LogP contribution is 2.29. The van der Waals surface area contributed by atoms with E-state index in [1.165, 1.54) is 13.2 Å². The van der Waals surface area contributed by atoms with Gasteiger partial charge in [0, 0.05) is 10.6 Å². The van der Waals surface area contributed by atoms with Crippen molar-refractivity contribution in [1.29, 1.82) is 0 Å². The third kappa shape index (κ3) is 3.77. The monoisotopic (exact) mass is 268 g/mol. The zero-order valence-corrected chi connectivity index (χ0v) is 11.3. The quantitative estimate of drug-likeness (QED) is 0.648. The molecule has 1 N–H and O–H groups in total. The van der Waals surface area contributed by atoms with Crippen LogP contribution in [0.5, 0.6) is 5.75 Å². The molecule has 0 aliphatic heterocycles. The van der Waals surface area contributed by atoms with Crippen molar-refractivity contribution in [3.8, 4) is 5.75 Å². The van der Waals surface area contributed by atoms with Crippen LogP contribution < -0.4 is 0 Å². The van der Waals surface area contributed by atoms with Gasteiger partial charge in [0.05, 0.1) is 7.11 Å². The van der Waals surface area contributed by atoms with Crippen LogP contribution in [0.1, 0.15) is 42.1 Å². The molecule has 0 aliphatic carbocycles. The lowest BCUT2D eigenvalue weighted by molar-refractivity contribution is 0.0597. The minimum atomic E-state index is -0.599. The second kappa shape index (κ2) is 7.07. The molecule has 0 radical (unpaired) electrons. The van der Waals surface area contributed by atoms with Crippen molar-refractivity contribution < 1.29 is 14.6 Å². The number of benzene rings is 1. The highest BCUT2D eigenvalue weighted by Gasteiger charge is 2.15. The Kier molecular flexibility index (Phi) is 5.72. The number of carbonyl (C=O) groups excluding carboxylic acids is 1. The van der Waals surface area contributed by atoms with Crippen molar-refractivity contribution >= 4 is 23.6 Å². The van der Waals surface area contributed by atoms with Gasteiger partial charge in [0.15, 0.2) is 0 Å². The standard InChI is InChI=1S/C14H17ClO3/c1-3-4-5-6-7-10-8-11(15)9-12(13(10)16)14(17)18-2/h6-9,16H,3-5H2,1-2H3. The SMILES string of the molecule is CCCCC=Cc1cc(Cl)cc(C(=O)OC)c1O. The molecule has 0 fully saturated rings. The third-order valence-corrected chi connectivity index (χ3v) is 2.75. The Morgan fingerprint density at radius 3 is 2.83 bits per heavy atom. The van der Waals surface area contributed by atoms with Crippen LogP contribution in [0.15, 0.2) is 18.2 Å². The molecule has 0 atom stereocenters. The van der Waals surface area contributed by atoms with Gasteiger partial charge in [-0.2, -0.15) is 0 Å². The molecular formula is C14H17ClO3. The van der Waals surface area contributed by atoms with E-state index in [1.54, 1.807) is 12.1 Å². The van der Waals surface area contributed by atoms with Gasteiger partial charge in [0.25, 0.3) is 0 Å². The van der Waals surface area contributed by atoms with E-state index in [0.29, 0.717) is 10.6 Å². The van der Waals surface area contributed by atoms with Crippen LogP contribution in [-0.2, 0) is 4.74 Å². The zero-order chi connectivity index (χ0) is 13.5. The number of phenols is 1. The number of allylic oxidation sites excluding steroid dienone is 1. The maximum Gasteiger partial charge on any atom is 0.341 e. The summed E-state index contributed by atoms with van der Waals surface area (Å²) in [5.74, 6) is -0.697.